The number of morpholine rings is 1. The van der Waals surface area contributed by atoms with Crippen molar-refractivity contribution in [3.8, 4) is 0 Å². The van der Waals surface area contributed by atoms with Crippen LogP contribution in [0.1, 0.15) is 35.0 Å². The number of ether oxygens (including phenoxy) is 1. The summed E-state index contributed by atoms with van der Waals surface area (Å²) in [5.41, 5.74) is 3.55. The summed E-state index contributed by atoms with van der Waals surface area (Å²) in [5, 5.41) is 7.06. The van der Waals surface area contributed by atoms with Crippen LogP contribution in [0.3, 0.4) is 0 Å². The number of likely N-dealkylation sites (tertiary alicyclic amines) is 1. The predicted molar refractivity (Wildman–Crippen MR) is 112 cm³/mol. The van der Waals surface area contributed by atoms with Gasteiger partial charge in [0.25, 0.3) is 0 Å². The van der Waals surface area contributed by atoms with E-state index in [2.05, 4.69) is 46.5 Å². The van der Waals surface area contributed by atoms with Gasteiger partial charge in [-0.2, -0.15) is 5.10 Å². The van der Waals surface area contributed by atoms with Crippen LogP contribution >= 0.6 is 11.3 Å². The zero-order valence-corrected chi connectivity index (χ0v) is 17.2. The zero-order chi connectivity index (χ0) is 18.9. The highest BCUT2D eigenvalue weighted by Gasteiger charge is 2.25. The second-order valence-electron chi connectivity index (χ2n) is 7.86. The number of hydrogen-bond acceptors (Lipinski definition) is 6. The molecule has 0 spiro atoms. The molecule has 0 aliphatic carbocycles. The van der Waals surface area contributed by atoms with Crippen LogP contribution in [0.15, 0.2) is 29.8 Å². The number of pyridine rings is 1. The summed E-state index contributed by atoms with van der Waals surface area (Å²) >= 11 is 1.87. The van der Waals surface area contributed by atoms with Gasteiger partial charge in [-0.15, -0.1) is 11.3 Å². The highest BCUT2D eigenvalue weighted by atomic mass is 32.1. The molecule has 0 saturated carbocycles. The van der Waals surface area contributed by atoms with E-state index < -0.39 is 0 Å². The molecule has 1 atom stereocenters. The largest absolute Gasteiger partial charge is 0.378 e. The monoisotopic (exact) mass is 397 g/mol. The van der Waals surface area contributed by atoms with Crippen LogP contribution in [0, 0.1) is 6.92 Å². The highest BCUT2D eigenvalue weighted by molar-refractivity contribution is 7.10. The van der Waals surface area contributed by atoms with Crippen LogP contribution in [-0.2, 0) is 11.3 Å². The number of anilines is 1. The fourth-order valence-corrected chi connectivity index (χ4v) is 5.20. The fraction of sp³-hybridized carbons (Fsp3) is 0.524. The molecule has 2 fully saturated rings. The Balaban J connectivity index is 1.32. The van der Waals surface area contributed by atoms with E-state index in [0.29, 0.717) is 5.92 Å². The molecule has 0 bridgehead atoms. The number of fused-ring (bicyclic) bond motifs is 1. The Morgan fingerprint density at radius 2 is 2.07 bits per heavy atom. The van der Waals surface area contributed by atoms with Gasteiger partial charge in [0.05, 0.1) is 25.1 Å². The van der Waals surface area contributed by atoms with Crippen LogP contribution in [0.5, 0.6) is 0 Å². The number of piperidine rings is 1. The molecule has 0 aromatic carbocycles. The average Bonchev–Trinajstić information content (AvgIpc) is 3.34. The topological polar surface area (TPSA) is 45.9 Å². The number of aryl methyl sites for hydroxylation is 1. The molecule has 2 aliphatic heterocycles. The normalized spacial score (nSPS) is 21.5. The summed E-state index contributed by atoms with van der Waals surface area (Å²) < 4.78 is 7.43. The lowest BCUT2D eigenvalue weighted by molar-refractivity contribution is 0.122. The van der Waals surface area contributed by atoms with Gasteiger partial charge in [-0.3, -0.25) is 4.90 Å². The quantitative estimate of drug-likeness (QED) is 0.676. The third-order valence-corrected chi connectivity index (χ3v) is 6.92. The molecule has 2 saturated heterocycles. The molecule has 28 heavy (non-hydrogen) atoms. The van der Waals surface area contributed by atoms with E-state index in [-0.39, 0.29) is 0 Å². The van der Waals surface area contributed by atoms with E-state index in [0.717, 1.165) is 50.9 Å². The third kappa shape index (κ3) is 3.66. The first-order valence-electron chi connectivity index (χ1n) is 10.2. The summed E-state index contributed by atoms with van der Waals surface area (Å²) in [4.78, 5) is 11.3. The van der Waals surface area contributed by atoms with E-state index in [1.165, 1.54) is 35.5 Å². The third-order valence-electron chi connectivity index (χ3n) is 5.91. The van der Waals surface area contributed by atoms with E-state index >= 15 is 0 Å². The minimum absolute atomic E-state index is 0.417. The van der Waals surface area contributed by atoms with Gasteiger partial charge in [0, 0.05) is 37.0 Å². The minimum Gasteiger partial charge on any atom is -0.378 e. The van der Waals surface area contributed by atoms with Crippen molar-refractivity contribution >= 4 is 22.7 Å². The molecular formula is C21H27N5OS. The first-order valence-corrected chi connectivity index (χ1v) is 11.1. The molecule has 3 aromatic rings. The lowest BCUT2D eigenvalue weighted by Crippen LogP contribution is -2.36. The van der Waals surface area contributed by atoms with E-state index in [4.69, 9.17) is 14.8 Å². The lowest BCUT2D eigenvalue weighted by Gasteiger charge is -2.31. The van der Waals surface area contributed by atoms with Crippen LogP contribution < -0.4 is 4.90 Å². The standard InChI is InChI=1S/C21H27N5OS/c1-16-6-12-28-19(16)15-24-7-2-3-17(13-24)21-22-20-5-4-18(14-26(20)23-21)25-8-10-27-11-9-25/h4-6,12,14,17H,2-3,7-11,13,15H2,1H3. The summed E-state index contributed by atoms with van der Waals surface area (Å²) in [5.74, 6) is 1.41. The molecule has 1 unspecified atom stereocenters. The van der Waals surface area contributed by atoms with Crippen LogP contribution in [-0.4, -0.2) is 58.9 Å². The van der Waals surface area contributed by atoms with Crippen molar-refractivity contribution in [1.82, 2.24) is 19.5 Å². The second-order valence-corrected chi connectivity index (χ2v) is 8.86. The Morgan fingerprint density at radius 3 is 2.89 bits per heavy atom. The van der Waals surface area contributed by atoms with E-state index in [9.17, 15) is 0 Å². The van der Waals surface area contributed by atoms with Gasteiger partial charge in [-0.1, -0.05) is 0 Å². The van der Waals surface area contributed by atoms with Gasteiger partial charge in [-0.25, -0.2) is 9.50 Å². The maximum Gasteiger partial charge on any atom is 0.156 e. The van der Waals surface area contributed by atoms with Gasteiger partial charge >= 0.3 is 0 Å². The Hall–Kier alpha value is -1.96. The van der Waals surface area contributed by atoms with Gasteiger partial charge in [0.2, 0.25) is 0 Å². The minimum atomic E-state index is 0.417. The maximum absolute atomic E-state index is 5.47. The molecule has 0 radical (unpaired) electrons. The Bertz CT molecular complexity index is 945. The zero-order valence-electron chi connectivity index (χ0n) is 16.4. The summed E-state index contributed by atoms with van der Waals surface area (Å²) in [6.45, 7) is 8.94. The average molecular weight is 398 g/mol. The molecule has 5 heterocycles. The Morgan fingerprint density at radius 1 is 1.18 bits per heavy atom. The SMILES string of the molecule is Cc1ccsc1CN1CCCC(c2nc3ccc(N4CCOCC4)cn3n2)C1. The molecule has 0 N–H and O–H groups in total. The smallest absolute Gasteiger partial charge is 0.156 e. The first kappa shape index (κ1) is 18.1. The summed E-state index contributed by atoms with van der Waals surface area (Å²) in [6, 6.07) is 6.47. The van der Waals surface area contributed by atoms with Crippen molar-refractivity contribution in [3.05, 3.63) is 46.0 Å². The maximum atomic E-state index is 5.47. The van der Waals surface area contributed by atoms with Gasteiger partial charge in [0.15, 0.2) is 11.5 Å². The molecule has 3 aromatic heterocycles. The van der Waals surface area contributed by atoms with Crippen LogP contribution in [0.2, 0.25) is 0 Å². The van der Waals surface area contributed by atoms with Gasteiger partial charge in [0.1, 0.15) is 0 Å². The number of aromatic nitrogens is 3. The Kier molecular flexibility index (Phi) is 5.05. The van der Waals surface area contributed by atoms with Crippen LogP contribution in [0.25, 0.3) is 5.65 Å². The van der Waals surface area contributed by atoms with Crippen molar-refractivity contribution in [3.63, 3.8) is 0 Å². The number of thiophene rings is 1. The van der Waals surface area contributed by atoms with Gasteiger partial charge in [-0.05, 0) is 55.5 Å². The summed E-state index contributed by atoms with van der Waals surface area (Å²) in [7, 11) is 0. The molecule has 2 aliphatic rings. The molecule has 0 amide bonds. The molecule has 5 rings (SSSR count). The Labute approximate surface area is 169 Å². The number of nitrogens with zero attached hydrogens (tertiary/aromatic N) is 5. The van der Waals surface area contributed by atoms with Crippen molar-refractivity contribution in [2.24, 2.45) is 0 Å². The van der Waals surface area contributed by atoms with Crippen molar-refractivity contribution in [2.45, 2.75) is 32.2 Å². The molecule has 148 valence electrons. The van der Waals surface area contributed by atoms with E-state index in [1.807, 2.05) is 15.9 Å². The fourth-order valence-electron chi connectivity index (χ4n) is 4.25. The molecule has 6 nitrogen and oxygen atoms in total. The number of rotatable bonds is 4. The van der Waals surface area contributed by atoms with E-state index in [1.54, 1.807) is 0 Å². The lowest BCUT2D eigenvalue weighted by atomic mass is 9.97. The van der Waals surface area contributed by atoms with Crippen LogP contribution in [0.4, 0.5) is 5.69 Å². The molecular weight excluding hydrogens is 370 g/mol. The van der Waals surface area contributed by atoms with Crippen molar-refractivity contribution in [2.75, 3.05) is 44.3 Å². The van der Waals surface area contributed by atoms with Crippen molar-refractivity contribution < 1.29 is 4.74 Å². The summed E-state index contributed by atoms with van der Waals surface area (Å²) in [6.07, 6.45) is 4.50. The molecule has 7 heteroatoms. The first-order chi connectivity index (χ1) is 13.8. The number of hydrogen-bond donors (Lipinski definition) is 0. The van der Waals surface area contributed by atoms with Gasteiger partial charge < -0.3 is 9.64 Å². The van der Waals surface area contributed by atoms with Crippen molar-refractivity contribution in [1.29, 1.82) is 0 Å². The second kappa shape index (κ2) is 7.81. The highest BCUT2D eigenvalue weighted by Crippen LogP contribution is 2.28. The predicted octanol–water partition coefficient (Wildman–Crippen LogP) is 3.32.